The van der Waals surface area contributed by atoms with E-state index in [9.17, 15) is 62.3 Å². The lowest BCUT2D eigenvalue weighted by atomic mass is 10.0. The van der Waals surface area contributed by atoms with Crippen LogP contribution >= 0.6 is 11.8 Å². The highest BCUT2D eigenvalue weighted by molar-refractivity contribution is 7.98. The average Bonchev–Trinajstić information content (AvgIpc) is 1.74. The van der Waals surface area contributed by atoms with Crippen LogP contribution in [0.5, 0.6) is 0 Å². The van der Waals surface area contributed by atoms with Crippen molar-refractivity contribution in [2.75, 3.05) is 44.7 Å². The fraction of sp³-hybridized carbons (Fsp3) is 0.587. The van der Waals surface area contributed by atoms with Gasteiger partial charge in [-0.2, -0.15) is 11.8 Å². The SMILES string of the molecule is CSCC[C@H](NC(=O)[C@@H](CC(C)C)NC(=O)CNC(=O)[C@@H](Cc1ccccc1)NC(=O)[C@@H](Cc1ccccc1)NC(=O)[C@@H](CCC(N)=O)NC(=O)[C@@H](CCC(N)=O)NC(=O)[C@H]1CCCN1C(=O)[C@H](CCCCN)NC(=O)[C@@H]1CCCN1C(=O)[C@H](N)CCCN=C(N)N)C(N)=O. The number of hydrogen-bond acceptors (Lipinski definition) is 17. The minimum absolute atomic E-state index is 0.0736. The summed E-state index contributed by atoms with van der Waals surface area (Å²) >= 11 is 1.45. The van der Waals surface area contributed by atoms with E-state index in [1.165, 1.54) is 21.6 Å². The van der Waals surface area contributed by atoms with E-state index in [0.29, 0.717) is 55.4 Å². The molecule has 0 radical (unpaired) electrons. The number of aliphatic imine (C=N–C) groups is 1. The Bertz CT molecular complexity index is 2960. The summed E-state index contributed by atoms with van der Waals surface area (Å²) in [7, 11) is 0. The molecule has 2 aromatic carbocycles. The van der Waals surface area contributed by atoms with Gasteiger partial charge in [0.2, 0.25) is 76.8 Å². The Morgan fingerprint density at radius 1 is 0.537 bits per heavy atom. The van der Waals surface area contributed by atoms with Crippen molar-refractivity contribution in [1.29, 1.82) is 0 Å². The quantitative estimate of drug-likeness (QED) is 0.0173. The van der Waals surface area contributed by atoms with Crippen molar-refractivity contribution < 1.29 is 62.3 Å². The molecule has 32 heteroatoms. The Kier molecular flexibility index (Phi) is 33.9. The number of primary amides is 3. The van der Waals surface area contributed by atoms with Crippen molar-refractivity contribution in [3.8, 4) is 0 Å². The Morgan fingerprint density at radius 2 is 1.01 bits per heavy atom. The number of amides is 13. The van der Waals surface area contributed by atoms with Gasteiger partial charge in [-0.15, -0.1) is 0 Å². The summed E-state index contributed by atoms with van der Waals surface area (Å²) in [5.74, 6) is -9.80. The molecule has 2 aliphatic rings. The molecule has 2 aromatic rings. The maximum Gasteiger partial charge on any atom is 0.245 e. The fourth-order valence-electron chi connectivity index (χ4n) is 11.0. The molecule has 2 aliphatic heterocycles. The molecular weight excluding hydrogens is 1250 g/mol. The van der Waals surface area contributed by atoms with E-state index in [2.05, 4.69) is 47.5 Å². The van der Waals surface area contributed by atoms with Crippen molar-refractivity contribution in [2.45, 2.75) is 183 Å². The van der Waals surface area contributed by atoms with Crippen molar-refractivity contribution in [1.82, 2.24) is 52.3 Å². The standard InChI is InChI=1S/C63H98N18O13S/c1-37(2)33-45(57(89)74-41(53(68)85)27-32-95-3)73-52(84)36-72-54(86)46(34-38-15-6-4-7-16-38)78-58(90)47(35-39-17-8-5-9-18-39)79-56(88)42(23-25-50(66)82)75-55(87)43(24-26-51(67)83)76-59(91)49-22-14-31-81(49)62(94)44(20-10-11-28-64)77-60(92)48-21-13-30-80(48)61(93)40(65)19-12-29-71-63(69)70/h4-9,15-18,37,40-49H,10-14,19-36,64-65H2,1-3H3,(H2,66,82)(H2,67,83)(H2,68,85)(H,72,86)(H,73,84)(H,74,89)(H,75,87)(H,76,91)(H,77,92)(H,78,90)(H,79,88)(H4,69,70,71)/t40-,41+,42-,43-,44+,45-,46-,47-,48+,49-/m1/s1. The van der Waals surface area contributed by atoms with E-state index in [0.717, 1.165) is 0 Å². The number of thioether (sulfide) groups is 1. The molecule has 31 nitrogen and oxygen atoms in total. The van der Waals surface area contributed by atoms with Crippen molar-refractivity contribution in [3.63, 3.8) is 0 Å². The van der Waals surface area contributed by atoms with Crippen LogP contribution in [0.2, 0.25) is 0 Å². The van der Waals surface area contributed by atoms with Gasteiger partial charge in [-0.05, 0) is 119 Å². The lowest BCUT2D eigenvalue weighted by Gasteiger charge is -2.32. The van der Waals surface area contributed by atoms with Gasteiger partial charge in [0.25, 0.3) is 0 Å². The van der Waals surface area contributed by atoms with E-state index >= 15 is 0 Å². The van der Waals surface area contributed by atoms with E-state index in [-0.39, 0.29) is 83.0 Å². The first kappa shape index (κ1) is 78.5. The van der Waals surface area contributed by atoms with Gasteiger partial charge in [-0.3, -0.25) is 67.3 Å². The third kappa shape index (κ3) is 27.5. The highest BCUT2D eigenvalue weighted by atomic mass is 32.2. The smallest absolute Gasteiger partial charge is 0.245 e. The third-order valence-corrected chi connectivity index (χ3v) is 16.7. The zero-order valence-electron chi connectivity index (χ0n) is 54.5. The number of nitrogens with two attached hydrogens (primary N) is 7. The Morgan fingerprint density at radius 3 is 1.51 bits per heavy atom. The first-order valence-electron chi connectivity index (χ1n) is 32.2. The van der Waals surface area contributed by atoms with Crippen LogP contribution in [0.3, 0.4) is 0 Å². The van der Waals surface area contributed by atoms with Crippen LogP contribution in [0, 0.1) is 5.92 Å². The monoisotopic (exact) mass is 1350 g/mol. The molecule has 10 atom stereocenters. The molecule has 0 aliphatic carbocycles. The maximum atomic E-state index is 14.7. The molecule has 2 heterocycles. The van der Waals surface area contributed by atoms with Gasteiger partial charge in [-0.25, -0.2) is 0 Å². The number of rotatable bonds is 42. The van der Waals surface area contributed by atoms with E-state index in [1.54, 1.807) is 60.7 Å². The maximum absolute atomic E-state index is 14.7. The highest BCUT2D eigenvalue weighted by Gasteiger charge is 2.42. The Hall–Kier alpha value is -8.91. The molecule has 0 bridgehead atoms. The molecule has 0 saturated carbocycles. The molecule has 13 amide bonds. The summed E-state index contributed by atoms with van der Waals surface area (Å²) < 4.78 is 0. The first-order chi connectivity index (χ1) is 45.2. The van der Waals surface area contributed by atoms with Crippen LogP contribution < -0.4 is 82.7 Å². The number of carbonyl (C=O) groups excluding carboxylic acids is 13. The number of likely N-dealkylation sites (tertiary alicyclic amines) is 2. The Labute approximate surface area is 558 Å². The van der Waals surface area contributed by atoms with Crippen LogP contribution in [-0.4, -0.2) is 198 Å². The van der Waals surface area contributed by atoms with Gasteiger partial charge in [0.05, 0.1) is 12.6 Å². The lowest BCUT2D eigenvalue weighted by molar-refractivity contribution is -0.144. The molecule has 95 heavy (non-hydrogen) atoms. The summed E-state index contributed by atoms with van der Waals surface area (Å²) in [6.45, 7) is 3.86. The molecule has 0 spiro atoms. The summed E-state index contributed by atoms with van der Waals surface area (Å²) in [4.78, 5) is 185. The molecule has 0 aromatic heterocycles. The second-order valence-electron chi connectivity index (χ2n) is 24.1. The largest absolute Gasteiger partial charge is 0.370 e. The van der Waals surface area contributed by atoms with Crippen LogP contribution in [0.25, 0.3) is 0 Å². The number of benzene rings is 2. The fourth-order valence-corrected chi connectivity index (χ4v) is 11.5. The molecular formula is C63H98N18O13S. The van der Waals surface area contributed by atoms with E-state index in [1.807, 2.05) is 20.1 Å². The van der Waals surface area contributed by atoms with Crippen LogP contribution in [0.4, 0.5) is 0 Å². The van der Waals surface area contributed by atoms with Gasteiger partial charge >= 0.3 is 0 Å². The number of hydrogen-bond donors (Lipinski definition) is 15. The molecule has 2 fully saturated rings. The Balaban J connectivity index is 1.56. The van der Waals surface area contributed by atoms with Gasteiger partial charge in [0, 0.05) is 45.3 Å². The second-order valence-corrected chi connectivity index (χ2v) is 25.1. The number of nitrogens with zero attached hydrogens (tertiary/aromatic N) is 3. The topological polar surface area (TPSA) is 519 Å². The highest BCUT2D eigenvalue weighted by Crippen LogP contribution is 2.24. The molecule has 524 valence electrons. The van der Waals surface area contributed by atoms with Crippen LogP contribution in [0.1, 0.15) is 121 Å². The van der Waals surface area contributed by atoms with Gasteiger partial charge in [-0.1, -0.05) is 74.5 Å². The van der Waals surface area contributed by atoms with E-state index in [4.69, 9.17) is 40.1 Å². The third-order valence-electron chi connectivity index (χ3n) is 16.0. The minimum atomic E-state index is -1.64. The molecule has 2 saturated heterocycles. The van der Waals surface area contributed by atoms with E-state index < -0.39 is 169 Å². The number of nitrogens with one attached hydrogen (secondary N) is 8. The summed E-state index contributed by atoms with van der Waals surface area (Å²) in [6, 6.07) is 4.51. The normalized spacial score (nSPS) is 16.8. The van der Waals surface area contributed by atoms with Gasteiger partial charge < -0.3 is 92.5 Å². The number of guanidine groups is 1. The zero-order valence-corrected chi connectivity index (χ0v) is 55.3. The number of unbranched alkanes of at least 4 members (excludes halogenated alkanes) is 1. The first-order valence-corrected chi connectivity index (χ1v) is 33.6. The van der Waals surface area contributed by atoms with Crippen LogP contribution in [-0.2, 0) is 75.2 Å². The summed E-state index contributed by atoms with van der Waals surface area (Å²) in [5.41, 5.74) is 40.6. The second kappa shape index (κ2) is 41.0. The van der Waals surface area contributed by atoms with Crippen molar-refractivity contribution >= 4 is 94.5 Å². The predicted molar refractivity (Wildman–Crippen MR) is 356 cm³/mol. The molecule has 22 N–H and O–H groups in total. The van der Waals surface area contributed by atoms with Crippen molar-refractivity contribution in [3.05, 3.63) is 71.8 Å². The molecule has 4 rings (SSSR count). The summed E-state index contributed by atoms with van der Waals surface area (Å²) in [6.07, 6.45) is 3.12. The van der Waals surface area contributed by atoms with Crippen LogP contribution in [0.15, 0.2) is 65.7 Å². The average molecular weight is 1350 g/mol. The predicted octanol–water partition coefficient (Wildman–Crippen LogP) is -3.71. The van der Waals surface area contributed by atoms with Gasteiger partial charge in [0.15, 0.2) is 5.96 Å². The lowest BCUT2D eigenvalue weighted by Crippen LogP contribution is -2.60. The van der Waals surface area contributed by atoms with Crippen molar-refractivity contribution in [2.24, 2.45) is 51.0 Å². The molecule has 0 unspecified atom stereocenters. The number of carbonyl (C=O) groups is 13. The summed E-state index contributed by atoms with van der Waals surface area (Å²) in [5, 5.41) is 21.1. The minimum Gasteiger partial charge on any atom is -0.370 e. The van der Waals surface area contributed by atoms with Gasteiger partial charge in [0.1, 0.15) is 54.4 Å². The zero-order chi connectivity index (χ0) is 70.1.